The van der Waals surface area contributed by atoms with Gasteiger partial charge >= 0.3 is 5.97 Å². The molecule has 1 amide bonds. The molecule has 0 unspecified atom stereocenters. The fourth-order valence-electron chi connectivity index (χ4n) is 2.37. The molecular formula is C22H25ClN2O6S. The van der Waals surface area contributed by atoms with E-state index in [4.69, 9.17) is 16.3 Å². The van der Waals surface area contributed by atoms with Crippen molar-refractivity contribution in [3.8, 4) is 0 Å². The molecule has 2 rings (SSSR count). The summed E-state index contributed by atoms with van der Waals surface area (Å²) in [4.78, 5) is 36.4. The van der Waals surface area contributed by atoms with E-state index in [-0.39, 0.29) is 16.4 Å². The summed E-state index contributed by atoms with van der Waals surface area (Å²) < 4.78 is 31.8. The number of carbonyl (C=O) groups is 3. The van der Waals surface area contributed by atoms with Gasteiger partial charge in [-0.3, -0.25) is 14.4 Å². The lowest BCUT2D eigenvalue weighted by atomic mass is 9.95. The van der Waals surface area contributed by atoms with Gasteiger partial charge in [0.05, 0.1) is 4.90 Å². The van der Waals surface area contributed by atoms with Crippen LogP contribution in [-0.4, -0.2) is 38.7 Å². The number of anilines is 1. The Morgan fingerprint density at radius 1 is 1.00 bits per heavy atom. The quantitative estimate of drug-likeness (QED) is 0.441. The maximum atomic E-state index is 12.3. The summed E-state index contributed by atoms with van der Waals surface area (Å²) in [6.07, 6.45) is 0. The third kappa shape index (κ3) is 7.15. The van der Waals surface area contributed by atoms with Gasteiger partial charge in [0.25, 0.3) is 0 Å². The highest BCUT2D eigenvalue weighted by Gasteiger charge is 2.24. The number of hydrogen-bond donors (Lipinski definition) is 2. The number of sulfonamides is 1. The van der Waals surface area contributed by atoms with Crippen molar-refractivity contribution < 1.29 is 27.5 Å². The minimum Gasteiger partial charge on any atom is -0.456 e. The average molecular weight is 481 g/mol. The van der Waals surface area contributed by atoms with Crippen molar-refractivity contribution in [3.63, 3.8) is 0 Å². The fourth-order valence-corrected chi connectivity index (χ4v) is 3.68. The molecule has 10 heteroatoms. The molecule has 0 aromatic heterocycles. The van der Waals surface area contributed by atoms with Crippen LogP contribution in [0.2, 0.25) is 5.02 Å². The molecule has 0 aliphatic carbocycles. The molecule has 0 spiro atoms. The van der Waals surface area contributed by atoms with Gasteiger partial charge in [0.15, 0.2) is 12.4 Å². The van der Waals surface area contributed by atoms with Crippen molar-refractivity contribution >= 4 is 45.0 Å². The molecule has 0 bridgehead atoms. The minimum atomic E-state index is -3.97. The summed E-state index contributed by atoms with van der Waals surface area (Å²) in [5.74, 6) is -1.54. The number of nitrogens with one attached hydrogen (secondary N) is 2. The molecule has 2 aromatic rings. The number of hydrogen-bond acceptors (Lipinski definition) is 6. The predicted octanol–water partition coefficient (Wildman–Crippen LogP) is 3.42. The maximum absolute atomic E-state index is 12.3. The number of esters is 1. The molecule has 1 atom stereocenters. The van der Waals surface area contributed by atoms with E-state index in [1.54, 1.807) is 32.9 Å². The van der Waals surface area contributed by atoms with E-state index in [1.807, 2.05) is 0 Å². The monoisotopic (exact) mass is 480 g/mol. The van der Waals surface area contributed by atoms with Crippen LogP contribution in [0.5, 0.6) is 0 Å². The smallest absolute Gasteiger partial charge is 0.324 e. The van der Waals surface area contributed by atoms with E-state index in [0.29, 0.717) is 10.7 Å². The molecule has 0 fully saturated rings. The lowest BCUT2D eigenvalue weighted by Gasteiger charge is -2.17. The Hall–Kier alpha value is -2.75. The van der Waals surface area contributed by atoms with Crippen LogP contribution in [0.3, 0.4) is 0 Å². The highest BCUT2D eigenvalue weighted by Crippen LogP contribution is 2.18. The average Bonchev–Trinajstić information content (AvgIpc) is 2.71. The maximum Gasteiger partial charge on any atom is 0.324 e. The van der Waals surface area contributed by atoms with Crippen molar-refractivity contribution in [2.24, 2.45) is 5.41 Å². The Morgan fingerprint density at radius 3 is 2.09 bits per heavy atom. The second-order valence-electron chi connectivity index (χ2n) is 8.11. The zero-order chi connectivity index (χ0) is 24.1. The molecule has 8 nitrogen and oxygen atoms in total. The van der Waals surface area contributed by atoms with Crippen molar-refractivity contribution in [2.75, 3.05) is 11.9 Å². The molecule has 172 valence electrons. The Balaban J connectivity index is 1.91. The van der Waals surface area contributed by atoms with Crippen molar-refractivity contribution in [1.29, 1.82) is 0 Å². The summed E-state index contributed by atoms with van der Waals surface area (Å²) in [5, 5.41) is 3.12. The standard InChI is InChI=1S/C22H25ClN2O6S/c1-14(25-32(29,30)18-11-7-16(23)8-12-18)20(27)31-13-19(26)15-5-9-17(10-6-15)24-21(28)22(2,3)4/h5-12,14,25H,13H2,1-4H3,(H,24,28)/t14-/m0/s1. The largest absolute Gasteiger partial charge is 0.456 e. The second-order valence-corrected chi connectivity index (χ2v) is 10.3. The van der Waals surface area contributed by atoms with Gasteiger partial charge in [-0.05, 0) is 55.5 Å². The topological polar surface area (TPSA) is 119 Å². The SMILES string of the molecule is C[C@H](NS(=O)(=O)c1ccc(Cl)cc1)C(=O)OCC(=O)c1ccc(NC(=O)C(C)(C)C)cc1. The summed E-state index contributed by atoms with van der Waals surface area (Å²) in [6, 6.07) is 10.4. The molecule has 0 heterocycles. The van der Waals surface area contributed by atoms with E-state index >= 15 is 0 Å². The van der Waals surface area contributed by atoms with Crippen LogP contribution in [0, 0.1) is 5.41 Å². The summed E-state index contributed by atoms with van der Waals surface area (Å²) in [5.41, 5.74) is 0.249. The van der Waals surface area contributed by atoms with Crippen molar-refractivity contribution in [1.82, 2.24) is 4.72 Å². The fraction of sp³-hybridized carbons (Fsp3) is 0.318. The molecule has 0 aliphatic heterocycles. The summed E-state index contributed by atoms with van der Waals surface area (Å²) >= 11 is 5.75. The summed E-state index contributed by atoms with van der Waals surface area (Å²) in [7, 11) is -3.97. The van der Waals surface area contributed by atoms with Crippen LogP contribution in [0.1, 0.15) is 38.1 Å². The number of amides is 1. The molecule has 32 heavy (non-hydrogen) atoms. The first-order valence-electron chi connectivity index (χ1n) is 9.69. The van der Waals surface area contributed by atoms with Crippen LogP contribution in [0.25, 0.3) is 0 Å². The molecular weight excluding hydrogens is 456 g/mol. The number of rotatable bonds is 8. The molecule has 2 aromatic carbocycles. The van der Waals surface area contributed by atoms with Gasteiger partial charge in [0, 0.05) is 21.7 Å². The van der Waals surface area contributed by atoms with Crippen LogP contribution in [0.4, 0.5) is 5.69 Å². The normalized spacial score (nSPS) is 12.7. The van der Waals surface area contributed by atoms with Gasteiger partial charge in [-0.25, -0.2) is 8.42 Å². The third-order valence-corrected chi connectivity index (χ3v) is 6.11. The van der Waals surface area contributed by atoms with Crippen molar-refractivity contribution in [3.05, 3.63) is 59.1 Å². The van der Waals surface area contributed by atoms with E-state index in [1.165, 1.54) is 43.3 Å². The zero-order valence-corrected chi connectivity index (χ0v) is 19.7. The zero-order valence-electron chi connectivity index (χ0n) is 18.1. The second kappa shape index (κ2) is 10.2. The van der Waals surface area contributed by atoms with Gasteiger partial charge in [-0.2, -0.15) is 4.72 Å². The Morgan fingerprint density at radius 2 is 1.56 bits per heavy atom. The van der Waals surface area contributed by atoms with Crippen LogP contribution in [0.15, 0.2) is 53.4 Å². The minimum absolute atomic E-state index is 0.0590. The number of carbonyl (C=O) groups excluding carboxylic acids is 3. The first kappa shape index (κ1) is 25.5. The number of ketones is 1. The van der Waals surface area contributed by atoms with E-state index < -0.39 is 39.8 Å². The molecule has 2 N–H and O–H groups in total. The number of ether oxygens (including phenoxy) is 1. The van der Waals surface area contributed by atoms with Crippen molar-refractivity contribution in [2.45, 2.75) is 38.6 Å². The lowest BCUT2D eigenvalue weighted by molar-refractivity contribution is -0.144. The van der Waals surface area contributed by atoms with Gasteiger partial charge in [0.2, 0.25) is 15.9 Å². The number of Topliss-reactive ketones (excluding diaryl/α,β-unsaturated/α-hetero) is 1. The van der Waals surface area contributed by atoms with E-state index in [9.17, 15) is 22.8 Å². The van der Waals surface area contributed by atoms with Gasteiger partial charge < -0.3 is 10.1 Å². The first-order chi connectivity index (χ1) is 14.8. The predicted molar refractivity (Wildman–Crippen MR) is 121 cm³/mol. The molecule has 0 aliphatic rings. The molecule has 0 saturated heterocycles. The van der Waals surface area contributed by atoms with Gasteiger partial charge in [-0.1, -0.05) is 32.4 Å². The highest BCUT2D eigenvalue weighted by molar-refractivity contribution is 7.89. The number of halogens is 1. The Labute approximate surface area is 192 Å². The van der Waals surface area contributed by atoms with E-state index in [2.05, 4.69) is 10.0 Å². The molecule has 0 saturated carbocycles. The van der Waals surface area contributed by atoms with Gasteiger partial charge in [-0.15, -0.1) is 0 Å². The Bertz CT molecular complexity index is 1090. The number of benzene rings is 2. The summed E-state index contributed by atoms with van der Waals surface area (Å²) in [6.45, 7) is 6.11. The highest BCUT2D eigenvalue weighted by atomic mass is 35.5. The lowest BCUT2D eigenvalue weighted by Crippen LogP contribution is -2.40. The van der Waals surface area contributed by atoms with Crippen LogP contribution in [-0.2, 0) is 24.3 Å². The van der Waals surface area contributed by atoms with Crippen LogP contribution < -0.4 is 10.0 Å². The molecule has 0 radical (unpaired) electrons. The first-order valence-corrected chi connectivity index (χ1v) is 11.5. The van der Waals surface area contributed by atoms with Crippen LogP contribution >= 0.6 is 11.6 Å². The third-order valence-electron chi connectivity index (χ3n) is 4.30. The Kier molecular flexibility index (Phi) is 8.17. The van der Waals surface area contributed by atoms with E-state index in [0.717, 1.165) is 0 Å². The van der Waals surface area contributed by atoms with Gasteiger partial charge in [0.1, 0.15) is 6.04 Å².